The van der Waals surface area contributed by atoms with Gasteiger partial charge in [0, 0.05) is 26.1 Å². The van der Waals surface area contributed by atoms with Gasteiger partial charge in [-0.3, -0.25) is 4.79 Å². The van der Waals surface area contributed by atoms with Gasteiger partial charge < -0.3 is 15.1 Å². The van der Waals surface area contributed by atoms with Crippen LogP contribution in [0.1, 0.15) is 20.3 Å². The molecule has 0 saturated heterocycles. The number of carbonyl (C=O) groups is 1. The third-order valence-electron chi connectivity index (χ3n) is 3.00. The molecular formula is C11H20N2O5S. The van der Waals surface area contributed by atoms with Gasteiger partial charge in [0.1, 0.15) is 5.60 Å². The number of sulfonamides is 1. The molecule has 1 unspecified atom stereocenters. The highest BCUT2D eigenvalue weighted by Crippen LogP contribution is 2.32. The summed E-state index contributed by atoms with van der Waals surface area (Å²) in [6.07, 6.45) is 1.09. The lowest BCUT2D eigenvalue weighted by atomic mass is 10.0. The molecule has 0 fully saturated rings. The maximum Gasteiger partial charge on any atom is 0.230 e. The fraction of sp³-hybridized carbons (Fsp3) is 0.727. The van der Waals surface area contributed by atoms with Gasteiger partial charge in [0.2, 0.25) is 15.8 Å². The van der Waals surface area contributed by atoms with Gasteiger partial charge in [-0.25, -0.2) is 13.1 Å². The number of Topliss-reactive ketones (excluding diaryl/α,β-unsaturated/α-hetero) is 1. The molecule has 1 aliphatic carbocycles. The Labute approximate surface area is 113 Å². The summed E-state index contributed by atoms with van der Waals surface area (Å²) in [5, 5.41) is 19.6. The third-order valence-corrected chi connectivity index (χ3v) is 3.73. The minimum absolute atomic E-state index is 0.0321. The summed E-state index contributed by atoms with van der Waals surface area (Å²) < 4.78 is 24.2. The van der Waals surface area contributed by atoms with E-state index in [1.165, 1.54) is 6.92 Å². The van der Waals surface area contributed by atoms with Gasteiger partial charge in [0.25, 0.3) is 0 Å². The van der Waals surface area contributed by atoms with E-state index in [4.69, 9.17) is 0 Å². The summed E-state index contributed by atoms with van der Waals surface area (Å²) in [5.41, 5.74) is -1.23. The van der Waals surface area contributed by atoms with E-state index in [1.807, 2.05) is 6.92 Å². The predicted molar refractivity (Wildman–Crippen MR) is 70.0 cm³/mol. The lowest BCUT2D eigenvalue weighted by Crippen LogP contribution is -2.35. The number of carbonyl (C=O) groups excluding carboxylic acids is 1. The van der Waals surface area contributed by atoms with E-state index in [0.717, 1.165) is 6.26 Å². The number of ketones is 1. The molecule has 0 aromatic heterocycles. The molecular weight excluding hydrogens is 272 g/mol. The first-order chi connectivity index (χ1) is 8.58. The van der Waals surface area contributed by atoms with Crippen molar-refractivity contribution in [3.8, 4) is 0 Å². The Bertz CT molecular complexity index is 495. The van der Waals surface area contributed by atoms with Crippen molar-refractivity contribution in [2.24, 2.45) is 0 Å². The van der Waals surface area contributed by atoms with E-state index in [0.29, 0.717) is 18.8 Å². The van der Waals surface area contributed by atoms with E-state index in [1.54, 1.807) is 4.90 Å². The topological polar surface area (TPSA) is 107 Å². The molecule has 0 amide bonds. The van der Waals surface area contributed by atoms with Crippen LogP contribution in [0.15, 0.2) is 11.5 Å². The average molecular weight is 292 g/mol. The van der Waals surface area contributed by atoms with Gasteiger partial charge in [0.05, 0.1) is 12.0 Å². The van der Waals surface area contributed by atoms with Crippen molar-refractivity contribution in [2.75, 3.05) is 25.9 Å². The number of nitrogens with zero attached hydrogens (tertiary/aromatic N) is 1. The largest absolute Gasteiger partial charge is 0.503 e. The van der Waals surface area contributed by atoms with Crippen LogP contribution >= 0.6 is 0 Å². The minimum atomic E-state index is -3.27. The Kier molecular flexibility index (Phi) is 4.59. The Morgan fingerprint density at radius 2 is 2.05 bits per heavy atom. The van der Waals surface area contributed by atoms with Crippen molar-refractivity contribution >= 4 is 15.8 Å². The maximum atomic E-state index is 11.6. The second kappa shape index (κ2) is 5.48. The predicted octanol–water partition coefficient (Wildman–Crippen LogP) is -0.649. The van der Waals surface area contributed by atoms with E-state index in [2.05, 4.69) is 4.72 Å². The zero-order valence-electron chi connectivity index (χ0n) is 11.3. The highest BCUT2D eigenvalue weighted by Gasteiger charge is 2.43. The van der Waals surface area contributed by atoms with Crippen LogP contribution in [0.5, 0.6) is 0 Å². The lowest BCUT2D eigenvalue weighted by molar-refractivity contribution is -0.132. The first-order valence-electron chi connectivity index (χ1n) is 5.97. The Morgan fingerprint density at radius 1 is 1.47 bits per heavy atom. The zero-order chi connectivity index (χ0) is 14.8. The number of aliphatic hydroxyl groups excluding tert-OH is 1. The summed E-state index contributed by atoms with van der Waals surface area (Å²) in [6.45, 7) is 4.14. The quantitative estimate of drug-likeness (QED) is 0.600. The monoisotopic (exact) mass is 292 g/mol. The summed E-state index contributed by atoms with van der Waals surface area (Å²) in [4.78, 5) is 13.3. The smallest absolute Gasteiger partial charge is 0.230 e. The number of aliphatic hydroxyl groups is 2. The Morgan fingerprint density at radius 3 is 2.42 bits per heavy atom. The van der Waals surface area contributed by atoms with E-state index < -0.39 is 27.2 Å². The molecule has 0 spiro atoms. The van der Waals surface area contributed by atoms with Crippen molar-refractivity contribution in [1.82, 2.24) is 9.62 Å². The Balaban J connectivity index is 2.74. The van der Waals surface area contributed by atoms with Crippen LogP contribution in [-0.4, -0.2) is 60.8 Å². The van der Waals surface area contributed by atoms with Crippen LogP contribution in [0.4, 0.5) is 0 Å². The SMILES string of the molecule is CCN(CCNS(C)(=O)=O)C1=C(O)C(=O)C(C)(O)C1. The molecule has 0 saturated carbocycles. The number of hydrogen-bond acceptors (Lipinski definition) is 6. The highest BCUT2D eigenvalue weighted by molar-refractivity contribution is 7.88. The molecule has 0 bridgehead atoms. The van der Waals surface area contributed by atoms with Gasteiger partial charge in [-0.2, -0.15) is 0 Å². The van der Waals surface area contributed by atoms with Crippen LogP contribution in [0.3, 0.4) is 0 Å². The molecule has 19 heavy (non-hydrogen) atoms. The van der Waals surface area contributed by atoms with E-state index >= 15 is 0 Å². The van der Waals surface area contributed by atoms with Crippen molar-refractivity contribution in [2.45, 2.75) is 25.9 Å². The summed E-state index contributed by atoms with van der Waals surface area (Å²) in [7, 11) is -3.27. The average Bonchev–Trinajstić information content (AvgIpc) is 2.47. The molecule has 1 atom stereocenters. The molecule has 0 radical (unpaired) electrons. The first kappa shape index (κ1) is 15.9. The van der Waals surface area contributed by atoms with Crippen LogP contribution in [0.2, 0.25) is 0 Å². The molecule has 0 heterocycles. The van der Waals surface area contributed by atoms with Crippen LogP contribution in [0.25, 0.3) is 0 Å². The molecule has 3 N–H and O–H groups in total. The zero-order valence-corrected chi connectivity index (χ0v) is 12.1. The summed E-state index contributed by atoms with van der Waals surface area (Å²) in [5.74, 6) is -1.14. The van der Waals surface area contributed by atoms with Crippen molar-refractivity contribution in [1.29, 1.82) is 0 Å². The van der Waals surface area contributed by atoms with Gasteiger partial charge in [-0.1, -0.05) is 0 Å². The normalized spacial score (nSPS) is 24.1. The van der Waals surface area contributed by atoms with Crippen LogP contribution in [0, 0.1) is 0 Å². The van der Waals surface area contributed by atoms with Crippen molar-refractivity contribution in [3.05, 3.63) is 11.5 Å². The highest BCUT2D eigenvalue weighted by atomic mass is 32.2. The number of rotatable bonds is 6. The Hall–Kier alpha value is -1.12. The molecule has 110 valence electrons. The molecule has 0 aromatic carbocycles. The maximum absolute atomic E-state index is 11.6. The number of nitrogens with one attached hydrogen (secondary N) is 1. The van der Waals surface area contributed by atoms with E-state index in [-0.39, 0.29) is 13.0 Å². The fourth-order valence-electron chi connectivity index (χ4n) is 1.99. The molecule has 0 aliphatic heterocycles. The van der Waals surface area contributed by atoms with Crippen molar-refractivity contribution in [3.63, 3.8) is 0 Å². The molecule has 7 nitrogen and oxygen atoms in total. The van der Waals surface area contributed by atoms with Crippen LogP contribution < -0.4 is 4.72 Å². The summed E-state index contributed by atoms with van der Waals surface area (Å²) >= 11 is 0. The summed E-state index contributed by atoms with van der Waals surface area (Å²) in [6, 6.07) is 0. The van der Waals surface area contributed by atoms with E-state index in [9.17, 15) is 23.4 Å². The molecule has 1 rings (SSSR count). The molecule has 0 aromatic rings. The fourth-order valence-corrected chi connectivity index (χ4v) is 2.45. The second-order valence-corrected chi connectivity index (χ2v) is 6.65. The van der Waals surface area contributed by atoms with Gasteiger partial charge in [-0.15, -0.1) is 0 Å². The lowest BCUT2D eigenvalue weighted by Gasteiger charge is -2.25. The number of hydrogen-bond donors (Lipinski definition) is 3. The second-order valence-electron chi connectivity index (χ2n) is 4.82. The molecule has 8 heteroatoms. The third kappa shape index (κ3) is 3.92. The minimum Gasteiger partial charge on any atom is -0.503 e. The number of likely N-dealkylation sites (N-methyl/N-ethyl adjacent to an activating group) is 1. The van der Waals surface area contributed by atoms with Crippen molar-refractivity contribution < 1.29 is 23.4 Å². The van der Waals surface area contributed by atoms with Gasteiger partial charge >= 0.3 is 0 Å². The first-order valence-corrected chi connectivity index (χ1v) is 7.86. The van der Waals surface area contributed by atoms with Gasteiger partial charge in [-0.05, 0) is 13.8 Å². The molecule has 1 aliphatic rings. The standard InChI is InChI=1S/C11H20N2O5S/c1-4-13(6-5-12-19(3,17)18)8-7-11(2,16)10(15)9(8)14/h12,14,16H,4-7H2,1-3H3. The van der Waals surface area contributed by atoms with Gasteiger partial charge in [0.15, 0.2) is 5.76 Å². The van der Waals surface area contributed by atoms with Crippen LogP contribution in [-0.2, 0) is 14.8 Å².